The van der Waals surface area contributed by atoms with E-state index in [1.165, 1.54) is 6.42 Å². The molecule has 6 nitrogen and oxygen atoms in total. The van der Waals surface area contributed by atoms with Crippen LogP contribution in [0.2, 0.25) is 5.02 Å². The Morgan fingerprint density at radius 1 is 1.22 bits per heavy atom. The van der Waals surface area contributed by atoms with Crippen molar-refractivity contribution in [2.24, 2.45) is 17.8 Å². The van der Waals surface area contributed by atoms with E-state index in [2.05, 4.69) is 22.8 Å². The number of urea groups is 1. The Morgan fingerprint density at radius 2 is 2.04 bits per heavy atom. The van der Waals surface area contributed by atoms with Crippen molar-refractivity contribution in [3.63, 3.8) is 0 Å². The second-order valence-corrected chi connectivity index (χ2v) is 7.97. The summed E-state index contributed by atoms with van der Waals surface area (Å²) in [5, 5.41) is 6.03. The average molecular weight is 388 g/mol. The lowest BCUT2D eigenvalue weighted by Crippen LogP contribution is -2.38. The molecule has 4 amide bonds. The number of carbonyl (C=O) groups is 3. The fourth-order valence-electron chi connectivity index (χ4n) is 4.29. The third kappa shape index (κ3) is 3.72. The first-order valence-electron chi connectivity index (χ1n) is 9.31. The zero-order chi connectivity index (χ0) is 19.0. The molecule has 4 rings (SSSR count). The summed E-state index contributed by atoms with van der Waals surface area (Å²) in [6.07, 6.45) is 6.78. The summed E-state index contributed by atoms with van der Waals surface area (Å²) in [5.74, 6) is 1.10. The maximum atomic E-state index is 12.5. The molecule has 2 bridgehead atoms. The third-order valence-electron chi connectivity index (χ3n) is 5.76. The van der Waals surface area contributed by atoms with E-state index in [9.17, 15) is 14.4 Å². The van der Waals surface area contributed by atoms with Gasteiger partial charge in [-0.05, 0) is 42.2 Å². The molecule has 0 aromatic heterocycles. The van der Waals surface area contributed by atoms with Gasteiger partial charge in [0.2, 0.25) is 5.91 Å². The van der Waals surface area contributed by atoms with Crippen molar-refractivity contribution >= 4 is 29.4 Å². The Labute approximate surface area is 162 Å². The lowest BCUT2D eigenvalue weighted by Gasteiger charge is -2.19. The molecule has 0 spiro atoms. The van der Waals surface area contributed by atoms with Gasteiger partial charge in [-0.3, -0.25) is 14.5 Å². The third-order valence-corrected chi connectivity index (χ3v) is 6.13. The Balaban J connectivity index is 1.30. The number of nitrogens with one attached hydrogen (secondary N) is 2. The van der Waals surface area contributed by atoms with Crippen LogP contribution in [0.5, 0.6) is 0 Å². The maximum absolute atomic E-state index is 12.5. The van der Waals surface area contributed by atoms with E-state index in [4.69, 9.17) is 11.6 Å². The molecule has 142 valence electrons. The minimum Gasteiger partial charge on any atom is -0.356 e. The predicted octanol–water partition coefficient (Wildman–Crippen LogP) is 2.48. The number of halogens is 1. The monoisotopic (exact) mass is 387 g/mol. The van der Waals surface area contributed by atoms with E-state index in [1.807, 2.05) is 0 Å². The number of rotatable bonds is 6. The highest BCUT2D eigenvalue weighted by atomic mass is 35.5. The Kier molecular flexibility index (Phi) is 4.91. The van der Waals surface area contributed by atoms with Crippen molar-refractivity contribution in [3.05, 3.63) is 47.0 Å². The van der Waals surface area contributed by atoms with Crippen LogP contribution in [0, 0.1) is 17.8 Å². The van der Waals surface area contributed by atoms with Crippen molar-refractivity contribution < 1.29 is 14.4 Å². The highest BCUT2D eigenvalue weighted by Gasteiger charge is 2.40. The summed E-state index contributed by atoms with van der Waals surface area (Å²) < 4.78 is 0. The Hall–Kier alpha value is -2.34. The van der Waals surface area contributed by atoms with E-state index in [0.717, 1.165) is 11.3 Å². The summed E-state index contributed by atoms with van der Waals surface area (Å²) >= 11 is 6.11. The van der Waals surface area contributed by atoms with Gasteiger partial charge in [0.1, 0.15) is 6.04 Å². The van der Waals surface area contributed by atoms with Crippen LogP contribution in [-0.2, 0) is 16.1 Å². The minimum absolute atomic E-state index is 0.0414. The van der Waals surface area contributed by atoms with E-state index in [0.29, 0.717) is 34.9 Å². The molecular formula is C20H22ClN3O3. The molecule has 1 saturated carbocycles. The van der Waals surface area contributed by atoms with Gasteiger partial charge in [-0.25, -0.2) is 4.79 Å². The van der Waals surface area contributed by atoms with E-state index >= 15 is 0 Å². The van der Waals surface area contributed by atoms with Gasteiger partial charge in [-0.1, -0.05) is 42.0 Å². The van der Waals surface area contributed by atoms with E-state index < -0.39 is 18.0 Å². The highest BCUT2D eigenvalue weighted by molar-refractivity contribution is 6.31. The number of hydrogen-bond donors (Lipinski definition) is 2. The van der Waals surface area contributed by atoms with E-state index in [-0.39, 0.29) is 18.9 Å². The van der Waals surface area contributed by atoms with Gasteiger partial charge in [0.15, 0.2) is 0 Å². The number of imide groups is 1. The van der Waals surface area contributed by atoms with Crippen molar-refractivity contribution in [3.8, 4) is 0 Å². The molecular weight excluding hydrogens is 366 g/mol. The van der Waals surface area contributed by atoms with Gasteiger partial charge in [-0.15, -0.1) is 0 Å². The second kappa shape index (κ2) is 7.35. The number of amides is 4. The molecule has 1 aliphatic heterocycles. The average Bonchev–Trinajstić information content (AvgIpc) is 3.33. The van der Waals surface area contributed by atoms with Crippen molar-refractivity contribution in [2.75, 3.05) is 6.54 Å². The van der Waals surface area contributed by atoms with Gasteiger partial charge in [0, 0.05) is 11.6 Å². The van der Waals surface area contributed by atoms with Crippen LogP contribution < -0.4 is 10.6 Å². The lowest BCUT2D eigenvalue weighted by atomic mass is 9.93. The van der Waals surface area contributed by atoms with Gasteiger partial charge in [0.05, 0.1) is 13.0 Å². The van der Waals surface area contributed by atoms with Crippen LogP contribution in [-0.4, -0.2) is 35.3 Å². The minimum atomic E-state index is -0.820. The van der Waals surface area contributed by atoms with Gasteiger partial charge >= 0.3 is 6.03 Å². The molecule has 2 N–H and O–H groups in total. The van der Waals surface area contributed by atoms with Crippen molar-refractivity contribution in [1.82, 2.24) is 15.5 Å². The molecule has 4 atom stereocenters. The maximum Gasteiger partial charge on any atom is 0.325 e. The first-order valence-corrected chi connectivity index (χ1v) is 9.69. The number of hydrogen-bond acceptors (Lipinski definition) is 3. The molecule has 2 fully saturated rings. The smallest absolute Gasteiger partial charge is 0.325 e. The zero-order valence-electron chi connectivity index (χ0n) is 14.9. The summed E-state index contributed by atoms with van der Waals surface area (Å²) in [5.41, 5.74) is 0.692. The number of carbonyl (C=O) groups excluding carboxylic acids is 3. The van der Waals surface area contributed by atoms with Crippen molar-refractivity contribution in [2.45, 2.75) is 31.8 Å². The molecule has 1 aromatic rings. The van der Waals surface area contributed by atoms with Crippen LogP contribution in [0.25, 0.3) is 0 Å². The van der Waals surface area contributed by atoms with Crippen LogP contribution in [0.1, 0.15) is 24.8 Å². The second-order valence-electron chi connectivity index (χ2n) is 7.57. The highest BCUT2D eigenvalue weighted by Crippen LogP contribution is 2.42. The van der Waals surface area contributed by atoms with Gasteiger partial charge < -0.3 is 10.6 Å². The van der Waals surface area contributed by atoms with Crippen LogP contribution >= 0.6 is 11.6 Å². The molecule has 7 heteroatoms. The number of allylic oxidation sites excluding steroid dienone is 2. The first kappa shape index (κ1) is 18.0. The fourth-order valence-corrected chi connectivity index (χ4v) is 4.49. The fraction of sp³-hybridized carbons (Fsp3) is 0.450. The summed E-state index contributed by atoms with van der Waals surface area (Å²) in [4.78, 5) is 38.1. The van der Waals surface area contributed by atoms with E-state index in [1.54, 1.807) is 24.3 Å². The topological polar surface area (TPSA) is 78.5 Å². The first-order chi connectivity index (χ1) is 13.0. The van der Waals surface area contributed by atoms with Gasteiger partial charge in [-0.2, -0.15) is 0 Å². The van der Waals surface area contributed by atoms with Crippen LogP contribution in [0.4, 0.5) is 4.79 Å². The lowest BCUT2D eigenvalue weighted by molar-refractivity contribution is -0.131. The quantitative estimate of drug-likeness (QED) is 0.581. The zero-order valence-corrected chi connectivity index (χ0v) is 15.6. The van der Waals surface area contributed by atoms with Crippen LogP contribution in [0.15, 0.2) is 36.4 Å². The Bertz CT molecular complexity index is 809. The van der Waals surface area contributed by atoms with Gasteiger partial charge in [0.25, 0.3) is 5.91 Å². The molecule has 2 aliphatic carbocycles. The normalized spacial score (nSPS) is 28.7. The number of benzene rings is 1. The summed E-state index contributed by atoms with van der Waals surface area (Å²) in [7, 11) is 0. The molecule has 27 heavy (non-hydrogen) atoms. The molecule has 0 unspecified atom stereocenters. The Morgan fingerprint density at radius 3 is 2.74 bits per heavy atom. The predicted molar refractivity (Wildman–Crippen MR) is 101 cm³/mol. The molecule has 1 aromatic carbocycles. The molecule has 3 aliphatic rings. The number of nitrogens with zero attached hydrogens (tertiary/aromatic N) is 1. The molecule has 1 saturated heterocycles. The standard InChI is InChI=1S/C20H22ClN3O3/c21-16-4-2-1-3-14(16)11-24-19(26)17(23-20(24)27)9-18(25)22-10-15-8-12-5-6-13(15)7-12/h1-6,12-13,15,17H,7-11H2,(H,22,25)(H,23,27)/t12-,13+,15-,17+/m1/s1. The van der Waals surface area contributed by atoms with Crippen molar-refractivity contribution in [1.29, 1.82) is 0 Å². The number of fused-ring (bicyclic) bond motifs is 2. The summed E-state index contributed by atoms with van der Waals surface area (Å²) in [6, 6.07) is 5.76. The van der Waals surface area contributed by atoms with Crippen LogP contribution in [0.3, 0.4) is 0 Å². The largest absolute Gasteiger partial charge is 0.356 e. The SMILES string of the molecule is O=C(C[C@@H]1NC(=O)N(Cc2ccccc2Cl)C1=O)NC[C@H]1C[C@@H]2C=C[C@H]1C2. The molecule has 0 radical (unpaired) electrons. The molecule has 1 heterocycles. The summed E-state index contributed by atoms with van der Waals surface area (Å²) in [6.45, 7) is 0.725.